The molecular weight excluding hydrogens is 444 g/mol. The zero-order chi connectivity index (χ0) is 23.6. The molecule has 0 bridgehead atoms. The van der Waals surface area contributed by atoms with Crippen molar-refractivity contribution >= 4 is 21.9 Å². The summed E-state index contributed by atoms with van der Waals surface area (Å²) in [5.74, 6) is -1.12. The third kappa shape index (κ3) is 5.12. The Bertz CT molecular complexity index is 1280. The van der Waals surface area contributed by atoms with Crippen molar-refractivity contribution in [3.05, 3.63) is 65.2 Å². The summed E-state index contributed by atoms with van der Waals surface area (Å²) in [6, 6.07) is 12.6. The predicted molar refractivity (Wildman–Crippen MR) is 123 cm³/mol. The number of sulfonamides is 1. The second-order valence-electron chi connectivity index (χ2n) is 7.85. The van der Waals surface area contributed by atoms with Crippen molar-refractivity contribution < 1.29 is 23.1 Å². The van der Waals surface area contributed by atoms with E-state index in [0.717, 1.165) is 35.7 Å². The Morgan fingerprint density at radius 3 is 2.52 bits per heavy atom. The Morgan fingerprint density at radius 2 is 1.85 bits per heavy atom. The number of aromatic nitrogens is 2. The number of carboxylic acid groups (broad SMARTS) is 1. The Balaban J connectivity index is 1.75. The number of ether oxygens (including phenoxy) is 1. The molecule has 1 atom stereocenters. The van der Waals surface area contributed by atoms with E-state index in [1.807, 2.05) is 32.0 Å². The summed E-state index contributed by atoms with van der Waals surface area (Å²) < 4.78 is 34.3. The quantitative estimate of drug-likeness (QED) is 0.482. The lowest BCUT2D eigenvalue weighted by Crippen LogP contribution is -2.21. The molecule has 10 heteroatoms. The van der Waals surface area contributed by atoms with Crippen LogP contribution in [-0.2, 0) is 10.0 Å². The average molecular weight is 469 g/mol. The van der Waals surface area contributed by atoms with Crippen LogP contribution in [0.2, 0.25) is 0 Å². The predicted octanol–water partition coefficient (Wildman–Crippen LogP) is 3.00. The number of aryl methyl sites for hydroxylation is 2. The van der Waals surface area contributed by atoms with Crippen molar-refractivity contribution in [1.29, 1.82) is 0 Å². The summed E-state index contributed by atoms with van der Waals surface area (Å²) in [7, 11) is -4.14. The minimum Gasteiger partial charge on any atom is -0.478 e. The normalized spacial score (nSPS) is 15.9. The minimum atomic E-state index is -4.14. The number of carboxylic acids is 1. The second kappa shape index (κ2) is 9.16. The molecule has 0 saturated carbocycles. The first-order chi connectivity index (χ1) is 15.7. The van der Waals surface area contributed by atoms with E-state index in [2.05, 4.69) is 20.0 Å². The summed E-state index contributed by atoms with van der Waals surface area (Å²) in [6.07, 6.45) is 0.730. The molecule has 1 aromatic heterocycles. The molecule has 1 saturated heterocycles. The number of benzene rings is 2. The van der Waals surface area contributed by atoms with Gasteiger partial charge in [0.25, 0.3) is 10.0 Å². The average Bonchev–Trinajstić information content (AvgIpc) is 3.26. The lowest BCUT2D eigenvalue weighted by molar-refractivity contribution is 0.0696. The molecule has 0 amide bonds. The van der Waals surface area contributed by atoms with Gasteiger partial charge in [0.1, 0.15) is 6.10 Å². The molecule has 9 nitrogen and oxygen atoms in total. The Hall–Kier alpha value is -3.50. The van der Waals surface area contributed by atoms with Gasteiger partial charge in [-0.25, -0.2) is 22.9 Å². The number of hydrogen-bond acceptors (Lipinski definition) is 7. The smallest absolute Gasteiger partial charge is 0.335 e. The van der Waals surface area contributed by atoms with E-state index < -0.39 is 16.0 Å². The van der Waals surface area contributed by atoms with Crippen LogP contribution in [0.1, 0.15) is 27.9 Å². The van der Waals surface area contributed by atoms with Gasteiger partial charge in [0.05, 0.1) is 16.2 Å². The van der Waals surface area contributed by atoms with Crippen molar-refractivity contribution in [1.82, 2.24) is 15.3 Å². The number of rotatable bonds is 7. The van der Waals surface area contributed by atoms with Crippen LogP contribution >= 0.6 is 0 Å². The van der Waals surface area contributed by atoms with Crippen molar-refractivity contribution in [3.8, 4) is 17.1 Å². The Labute approximate surface area is 191 Å². The van der Waals surface area contributed by atoms with Gasteiger partial charge in [0, 0.05) is 18.2 Å². The summed E-state index contributed by atoms with van der Waals surface area (Å²) in [6.45, 7) is 5.41. The maximum atomic E-state index is 13.0. The molecule has 1 aliphatic heterocycles. The first kappa shape index (κ1) is 22.7. The maximum absolute atomic E-state index is 13.0. The largest absolute Gasteiger partial charge is 0.478 e. The molecule has 172 valence electrons. The third-order valence-corrected chi connectivity index (χ3v) is 6.69. The molecule has 33 heavy (non-hydrogen) atoms. The standard InChI is InChI=1S/C23H24N4O5S/c1-14-5-3-6-15(2)21(14)19-12-20(32-17-9-10-24-13-17)26-23(25-19)27-33(30,31)18-8-4-7-16(11-18)22(28)29/h3-8,11-12,17,24H,9-10,13H2,1-2H3,(H,28,29)(H,25,26,27)/t17-/m0/s1. The van der Waals surface area contributed by atoms with E-state index >= 15 is 0 Å². The molecular formula is C23H24N4O5S. The Kier molecular flexibility index (Phi) is 6.30. The lowest BCUT2D eigenvalue weighted by Gasteiger charge is -2.16. The van der Waals surface area contributed by atoms with Gasteiger partial charge in [-0.3, -0.25) is 0 Å². The molecule has 0 unspecified atom stereocenters. The molecule has 0 radical (unpaired) electrons. The van der Waals surface area contributed by atoms with Crippen molar-refractivity contribution in [2.45, 2.75) is 31.3 Å². The highest BCUT2D eigenvalue weighted by Gasteiger charge is 2.22. The summed E-state index contributed by atoms with van der Waals surface area (Å²) in [4.78, 5) is 19.8. The molecule has 1 aliphatic rings. The van der Waals surface area contributed by atoms with Crippen LogP contribution < -0.4 is 14.8 Å². The monoisotopic (exact) mass is 468 g/mol. The number of hydrogen-bond donors (Lipinski definition) is 3. The Morgan fingerprint density at radius 1 is 1.12 bits per heavy atom. The topological polar surface area (TPSA) is 131 Å². The van der Waals surface area contributed by atoms with Gasteiger partial charge < -0.3 is 15.2 Å². The SMILES string of the molecule is Cc1cccc(C)c1-c1cc(O[C@H]2CCNC2)nc(NS(=O)(=O)c2cccc(C(=O)O)c2)n1. The van der Waals surface area contributed by atoms with Crippen LogP contribution in [0.4, 0.5) is 5.95 Å². The number of carbonyl (C=O) groups is 1. The molecule has 0 spiro atoms. The third-order valence-electron chi connectivity index (χ3n) is 5.36. The van der Waals surface area contributed by atoms with Crippen molar-refractivity contribution in [2.24, 2.45) is 0 Å². The van der Waals surface area contributed by atoms with Crippen LogP contribution in [0.5, 0.6) is 5.88 Å². The minimum absolute atomic E-state index is 0.0811. The van der Waals surface area contributed by atoms with Crippen molar-refractivity contribution in [2.75, 3.05) is 17.8 Å². The van der Waals surface area contributed by atoms with Crippen LogP contribution in [0.15, 0.2) is 53.4 Å². The highest BCUT2D eigenvalue weighted by Crippen LogP contribution is 2.30. The van der Waals surface area contributed by atoms with E-state index in [1.54, 1.807) is 6.07 Å². The summed E-state index contributed by atoms with van der Waals surface area (Å²) >= 11 is 0. The van der Waals surface area contributed by atoms with Crippen LogP contribution in [0.25, 0.3) is 11.3 Å². The second-order valence-corrected chi connectivity index (χ2v) is 9.54. The first-order valence-corrected chi connectivity index (χ1v) is 11.9. The summed E-state index contributed by atoms with van der Waals surface area (Å²) in [5, 5.41) is 12.4. The first-order valence-electron chi connectivity index (χ1n) is 10.4. The molecule has 4 rings (SSSR count). The van der Waals surface area contributed by atoms with Gasteiger partial charge in [-0.1, -0.05) is 24.3 Å². The van der Waals surface area contributed by atoms with Gasteiger partial charge in [-0.2, -0.15) is 4.98 Å². The molecule has 3 aromatic rings. The van der Waals surface area contributed by atoms with Crippen LogP contribution in [0, 0.1) is 13.8 Å². The fraction of sp³-hybridized carbons (Fsp3) is 0.261. The van der Waals surface area contributed by atoms with Gasteiger partial charge in [0.15, 0.2) is 0 Å². The number of nitrogens with zero attached hydrogens (tertiary/aromatic N) is 2. The lowest BCUT2D eigenvalue weighted by atomic mass is 10.00. The fourth-order valence-electron chi connectivity index (χ4n) is 3.75. The molecule has 3 N–H and O–H groups in total. The van der Waals surface area contributed by atoms with Crippen molar-refractivity contribution in [3.63, 3.8) is 0 Å². The van der Waals surface area contributed by atoms with E-state index in [4.69, 9.17) is 4.74 Å². The van der Waals surface area contributed by atoms with Gasteiger partial charge in [-0.05, 0) is 56.1 Å². The van der Waals surface area contributed by atoms with E-state index in [1.165, 1.54) is 18.2 Å². The molecule has 0 aliphatic carbocycles. The van der Waals surface area contributed by atoms with Crippen LogP contribution in [-0.4, -0.2) is 48.7 Å². The molecule has 2 heterocycles. The van der Waals surface area contributed by atoms with E-state index in [0.29, 0.717) is 12.2 Å². The maximum Gasteiger partial charge on any atom is 0.335 e. The van der Waals surface area contributed by atoms with Gasteiger partial charge in [-0.15, -0.1) is 0 Å². The van der Waals surface area contributed by atoms with Gasteiger partial charge >= 0.3 is 5.97 Å². The number of nitrogens with one attached hydrogen (secondary N) is 2. The van der Waals surface area contributed by atoms with E-state index in [9.17, 15) is 18.3 Å². The van der Waals surface area contributed by atoms with Gasteiger partial charge in [0.2, 0.25) is 11.8 Å². The van der Waals surface area contributed by atoms with Crippen LogP contribution in [0.3, 0.4) is 0 Å². The zero-order valence-corrected chi connectivity index (χ0v) is 19.0. The number of aromatic carboxylic acids is 1. The number of anilines is 1. The zero-order valence-electron chi connectivity index (χ0n) is 18.2. The van der Waals surface area contributed by atoms with E-state index in [-0.39, 0.29) is 28.4 Å². The molecule has 2 aromatic carbocycles. The fourth-order valence-corrected chi connectivity index (χ4v) is 4.74. The summed E-state index contributed by atoms with van der Waals surface area (Å²) in [5.41, 5.74) is 3.21. The highest BCUT2D eigenvalue weighted by atomic mass is 32.2. The highest BCUT2D eigenvalue weighted by molar-refractivity contribution is 7.92. The molecule has 1 fully saturated rings.